The maximum absolute atomic E-state index is 12.3. The molecule has 0 saturated carbocycles. The summed E-state index contributed by atoms with van der Waals surface area (Å²) in [6.45, 7) is 4.21. The van der Waals surface area contributed by atoms with Gasteiger partial charge in [-0.25, -0.2) is 4.98 Å². The number of benzene rings is 2. The van der Waals surface area contributed by atoms with E-state index in [1.807, 2.05) is 12.1 Å². The third-order valence-electron chi connectivity index (χ3n) is 4.74. The Bertz CT molecular complexity index is 956. The highest BCUT2D eigenvalue weighted by atomic mass is 16.1. The summed E-state index contributed by atoms with van der Waals surface area (Å²) in [5.74, 6) is 0.576. The van der Waals surface area contributed by atoms with Crippen molar-refractivity contribution in [2.45, 2.75) is 0 Å². The first-order chi connectivity index (χ1) is 12.1. The number of nitrogens with two attached hydrogens (primary N) is 1. The first kappa shape index (κ1) is 15.7. The molecule has 0 unspecified atom stereocenters. The Labute approximate surface area is 145 Å². The molecule has 1 saturated heterocycles. The number of nitrogen functional groups attached to an aromatic ring is 1. The van der Waals surface area contributed by atoms with Crippen LogP contribution in [0.25, 0.3) is 22.3 Å². The van der Waals surface area contributed by atoms with Gasteiger partial charge in [0.25, 0.3) is 5.56 Å². The zero-order valence-electron chi connectivity index (χ0n) is 14.2. The van der Waals surface area contributed by atoms with E-state index in [0.29, 0.717) is 22.4 Å². The Hall–Kier alpha value is -2.86. The second kappa shape index (κ2) is 6.22. The lowest BCUT2D eigenvalue weighted by atomic mass is 10.1. The number of H-pyrrole nitrogens is 1. The van der Waals surface area contributed by atoms with Crippen molar-refractivity contribution in [2.24, 2.45) is 0 Å². The van der Waals surface area contributed by atoms with Gasteiger partial charge < -0.3 is 20.5 Å². The number of anilines is 2. The second-order valence-electron chi connectivity index (χ2n) is 6.53. The van der Waals surface area contributed by atoms with Crippen LogP contribution in [0, 0.1) is 0 Å². The third-order valence-corrected chi connectivity index (χ3v) is 4.74. The summed E-state index contributed by atoms with van der Waals surface area (Å²) >= 11 is 0. The summed E-state index contributed by atoms with van der Waals surface area (Å²) in [6.07, 6.45) is 0. The average molecular weight is 335 g/mol. The number of fused-ring (bicyclic) bond motifs is 1. The van der Waals surface area contributed by atoms with E-state index in [9.17, 15) is 4.79 Å². The smallest absolute Gasteiger partial charge is 0.259 e. The largest absolute Gasteiger partial charge is 0.399 e. The summed E-state index contributed by atoms with van der Waals surface area (Å²) in [4.78, 5) is 24.4. The molecule has 0 radical (unpaired) electrons. The van der Waals surface area contributed by atoms with Crippen LogP contribution in [0.4, 0.5) is 11.4 Å². The Morgan fingerprint density at radius 1 is 1.04 bits per heavy atom. The van der Waals surface area contributed by atoms with Gasteiger partial charge in [0.2, 0.25) is 0 Å². The van der Waals surface area contributed by atoms with Gasteiger partial charge in [-0.2, -0.15) is 0 Å². The van der Waals surface area contributed by atoms with Crippen molar-refractivity contribution < 1.29 is 0 Å². The summed E-state index contributed by atoms with van der Waals surface area (Å²) in [5, 5.41) is 0.512. The number of piperazine rings is 1. The normalized spacial score (nSPS) is 15.6. The molecule has 1 aliphatic heterocycles. The first-order valence-electron chi connectivity index (χ1n) is 8.44. The summed E-state index contributed by atoms with van der Waals surface area (Å²) in [7, 11) is 2.15. The Morgan fingerprint density at radius 2 is 1.76 bits per heavy atom. The molecule has 2 aromatic carbocycles. The zero-order chi connectivity index (χ0) is 17.4. The molecule has 128 valence electrons. The fraction of sp³-hybridized carbons (Fsp3) is 0.263. The van der Waals surface area contributed by atoms with Crippen molar-refractivity contribution in [2.75, 3.05) is 43.9 Å². The molecule has 0 aliphatic carbocycles. The van der Waals surface area contributed by atoms with Gasteiger partial charge in [-0.05, 0) is 49.5 Å². The minimum Gasteiger partial charge on any atom is -0.399 e. The van der Waals surface area contributed by atoms with Crippen LogP contribution >= 0.6 is 0 Å². The molecule has 0 spiro atoms. The summed E-state index contributed by atoms with van der Waals surface area (Å²) in [5.41, 5.74) is 8.89. The van der Waals surface area contributed by atoms with Gasteiger partial charge in [-0.15, -0.1) is 0 Å². The standard InChI is InChI=1S/C19H21N5O/c1-23-8-10-24(11-9-23)15-5-2-13(3-6-15)18-21-17-7-4-14(20)12-16(17)19(25)22-18/h2-7,12H,8-11,20H2,1H3,(H,21,22,25). The van der Waals surface area contributed by atoms with E-state index >= 15 is 0 Å². The van der Waals surface area contributed by atoms with Crippen molar-refractivity contribution >= 4 is 22.3 Å². The average Bonchev–Trinajstić information content (AvgIpc) is 2.63. The van der Waals surface area contributed by atoms with Crippen LogP contribution in [0.1, 0.15) is 0 Å². The van der Waals surface area contributed by atoms with E-state index in [1.54, 1.807) is 18.2 Å². The van der Waals surface area contributed by atoms with Crippen LogP contribution in [0.5, 0.6) is 0 Å². The van der Waals surface area contributed by atoms with E-state index in [-0.39, 0.29) is 5.56 Å². The van der Waals surface area contributed by atoms with Gasteiger partial charge in [-0.1, -0.05) is 0 Å². The quantitative estimate of drug-likeness (QED) is 0.700. The van der Waals surface area contributed by atoms with E-state index < -0.39 is 0 Å². The minimum atomic E-state index is -0.171. The lowest BCUT2D eigenvalue weighted by molar-refractivity contribution is 0.313. The first-order valence-corrected chi connectivity index (χ1v) is 8.44. The minimum absolute atomic E-state index is 0.171. The molecule has 3 aromatic rings. The van der Waals surface area contributed by atoms with E-state index in [4.69, 9.17) is 5.73 Å². The topological polar surface area (TPSA) is 78.2 Å². The number of likely N-dealkylation sites (N-methyl/N-ethyl adjacent to an activating group) is 1. The number of hydrogen-bond acceptors (Lipinski definition) is 5. The molecule has 1 aliphatic rings. The SMILES string of the molecule is CN1CCN(c2ccc(-c3nc4ccc(N)cc4c(=O)[nH]3)cc2)CC1. The molecule has 1 aromatic heterocycles. The number of rotatable bonds is 2. The van der Waals surface area contributed by atoms with Crippen LogP contribution < -0.4 is 16.2 Å². The maximum atomic E-state index is 12.3. The highest BCUT2D eigenvalue weighted by Gasteiger charge is 2.14. The molecular weight excluding hydrogens is 314 g/mol. The molecule has 25 heavy (non-hydrogen) atoms. The Balaban J connectivity index is 1.65. The highest BCUT2D eigenvalue weighted by Crippen LogP contribution is 2.22. The molecular formula is C19H21N5O. The van der Waals surface area contributed by atoms with Crippen molar-refractivity contribution in [3.8, 4) is 11.4 Å². The molecule has 4 rings (SSSR count). The summed E-state index contributed by atoms with van der Waals surface area (Å²) < 4.78 is 0. The fourth-order valence-corrected chi connectivity index (χ4v) is 3.19. The number of aromatic amines is 1. The molecule has 2 heterocycles. The molecule has 6 heteroatoms. The predicted molar refractivity (Wildman–Crippen MR) is 102 cm³/mol. The predicted octanol–water partition coefficient (Wildman–Crippen LogP) is 1.92. The van der Waals surface area contributed by atoms with E-state index in [1.165, 1.54) is 5.69 Å². The van der Waals surface area contributed by atoms with Gasteiger partial charge in [0, 0.05) is 43.1 Å². The van der Waals surface area contributed by atoms with Crippen molar-refractivity contribution in [3.05, 3.63) is 52.8 Å². The lowest BCUT2D eigenvalue weighted by Gasteiger charge is -2.34. The van der Waals surface area contributed by atoms with Gasteiger partial charge >= 0.3 is 0 Å². The monoisotopic (exact) mass is 335 g/mol. The zero-order valence-corrected chi connectivity index (χ0v) is 14.2. The molecule has 0 amide bonds. The van der Waals surface area contributed by atoms with E-state index in [0.717, 1.165) is 31.7 Å². The summed E-state index contributed by atoms with van der Waals surface area (Å²) in [6, 6.07) is 13.4. The molecule has 0 atom stereocenters. The Kier molecular flexibility index (Phi) is 3.89. The molecule has 3 N–H and O–H groups in total. The van der Waals surface area contributed by atoms with Gasteiger partial charge in [0.05, 0.1) is 10.9 Å². The second-order valence-corrected chi connectivity index (χ2v) is 6.53. The highest BCUT2D eigenvalue weighted by molar-refractivity contribution is 5.82. The number of nitrogens with zero attached hydrogens (tertiary/aromatic N) is 3. The van der Waals surface area contributed by atoms with Gasteiger partial charge in [-0.3, -0.25) is 4.79 Å². The van der Waals surface area contributed by atoms with Crippen LogP contribution in [0.3, 0.4) is 0 Å². The number of aromatic nitrogens is 2. The van der Waals surface area contributed by atoms with Crippen LogP contribution in [0.15, 0.2) is 47.3 Å². The van der Waals surface area contributed by atoms with Gasteiger partial charge in [0.1, 0.15) is 5.82 Å². The molecule has 6 nitrogen and oxygen atoms in total. The fourth-order valence-electron chi connectivity index (χ4n) is 3.19. The number of hydrogen-bond donors (Lipinski definition) is 2. The maximum Gasteiger partial charge on any atom is 0.259 e. The lowest BCUT2D eigenvalue weighted by Crippen LogP contribution is -2.44. The van der Waals surface area contributed by atoms with E-state index in [2.05, 4.69) is 38.9 Å². The van der Waals surface area contributed by atoms with Crippen LogP contribution in [0.2, 0.25) is 0 Å². The Morgan fingerprint density at radius 3 is 2.48 bits per heavy atom. The van der Waals surface area contributed by atoms with Gasteiger partial charge in [0.15, 0.2) is 0 Å². The van der Waals surface area contributed by atoms with Crippen LogP contribution in [-0.4, -0.2) is 48.1 Å². The molecule has 1 fully saturated rings. The van der Waals surface area contributed by atoms with Crippen LogP contribution in [-0.2, 0) is 0 Å². The van der Waals surface area contributed by atoms with Crippen molar-refractivity contribution in [1.82, 2.24) is 14.9 Å². The molecule has 0 bridgehead atoms. The third kappa shape index (κ3) is 3.08. The van der Waals surface area contributed by atoms with Crippen molar-refractivity contribution in [3.63, 3.8) is 0 Å². The van der Waals surface area contributed by atoms with Crippen molar-refractivity contribution in [1.29, 1.82) is 0 Å². The number of nitrogens with one attached hydrogen (secondary N) is 1.